The smallest absolute Gasteiger partial charge is 0.343 e. The van der Waals surface area contributed by atoms with Crippen LogP contribution in [-0.2, 0) is 9.47 Å². The second kappa shape index (κ2) is 10.1. The van der Waals surface area contributed by atoms with Crippen molar-refractivity contribution in [3.8, 4) is 5.69 Å². The van der Waals surface area contributed by atoms with Crippen LogP contribution in [0.2, 0.25) is 0 Å². The number of aromatic nitrogens is 2. The van der Waals surface area contributed by atoms with Gasteiger partial charge in [0.25, 0.3) is 11.6 Å². The fourth-order valence-electron chi connectivity index (χ4n) is 3.65. The molecule has 11 nitrogen and oxygen atoms in total. The molecule has 176 valence electrons. The van der Waals surface area contributed by atoms with E-state index in [9.17, 15) is 19.7 Å². The highest BCUT2D eigenvalue weighted by Crippen LogP contribution is 2.30. The summed E-state index contributed by atoms with van der Waals surface area (Å²) in [7, 11) is 0. The molecule has 1 saturated heterocycles. The second-order valence-corrected chi connectivity index (χ2v) is 7.39. The zero-order chi connectivity index (χ0) is 24.1. The van der Waals surface area contributed by atoms with Gasteiger partial charge in [0.2, 0.25) is 0 Å². The van der Waals surface area contributed by atoms with E-state index in [-0.39, 0.29) is 29.2 Å². The number of nitro groups is 1. The number of rotatable bonds is 7. The number of hydrogen-bond donors (Lipinski definition) is 1. The molecule has 1 aliphatic heterocycles. The van der Waals surface area contributed by atoms with Gasteiger partial charge in [-0.25, -0.2) is 9.48 Å². The monoisotopic (exact) mass is 465 g/mol. The molecule has 1 aliphatic rings. The Kier molecular flexibility index (Phi) is 6.83. The normalized spacial score (nSPS) is 13.4. The Balaban J connectivity index is 1.68. The number of nitrogens with one attached hydrogen (secondary N) is 1. The van der Waals surface area contributed by atoms with E-state index in [0.29, 0.717) is 37.7 Å². The third-order valence-corrected chi connectivity index (χ3v) is 5.28. The van der Waals surface area contributed by atoms with E-state index in [2.05, 4.69) is 10.4 Å². The van der Waals surface area contributed by atoms with Crippen LogP contribution in [0.25, 0.3) is 5.69 Å². The number of benzene rings is 2. The summed E-state index contributed by atoms with van der Waals surface area (Å²) in [6, 6.07) is 13.2. The Bertz CT molecular complexity index is 1200. The van der Waals surface area contributed by atoms with E-state index in [1.54, 1.807) is 37.3 Å². The molecule has 0 saturated carbocycles. The minimum atomic E-state index is -0.645. The molecule has 3 aromatic rings. The van der Waals surface area contributed by atoms with Gasteiger partial charge < -0.3 is 19.7 Å². The molecule has 2 heterocycles. The number of anilines is 2. The Morgan fingerprint density at radius 1 is 1.18 bits per heavy atom. The molecule has 11 heteroatoms. The van der Waals surface area contributed by atoms with Gasteiger partial charge in [-0.05, 0) is 31.2 Å². The standard InChI is InChI=1S/C23H23N5O6/c1-2-34-23(30)18-15-24-27(17-6-4-3-5-7-17)21(18)25-22(29)16-8-9-19(20(14-16)28(31)32)26-10-12-33-13-11-26/h3-9,14-15H,2,10-13H2,1H3,(H,25,29). The zero-order valence-electron chi connectivity index (χ0n) is 18.5. The highest BCUT2D eigenvalue weighted by molar-refractivity contribution is 6.08. The first kappa shape index (κ1) is 22.9. The van der Waals surface area contributed by atoms with Crippen LogP contribution in [0.4, 0.5) is 17.2 Å². The van der Waals surface area contributed by atoms with Gasteiger partial charge in [-0.1, -0.05) is 18.2 Å². The highest BCUT2D eigenvalue weighted by atomic mass is 16.6. The van der Waals surface area contributed by atoms with Crippen molar-refractivity contribution in [3.05, 3.63) is 76.0 Å². The number of amides is 1. The molecule has 4 rings (SSSR count). The van der Waals surface area contributed by atoms with Crippen molar-refractivity contribution in [2.45, 2.75) is 6.92 Å². The number of morpholine rings is 1. The van der Waals surface area contributed by atoms with Crippen molar-refractivity contribution < 1.29 is 24.0 Å². The van der Waals surface area contributed by atoms with Gasteiger partial charge in [-0.2, -0.15) is 5.10 Å². The van der Waals surface area contributed by atoms with E-state index in [1.807, 2.05) is 11.0 Å². The summed E-state index contributed by atoms with van der Waals surface area (Å²) in [6.45, 7) is 3.81. The minimum absolute atomic E-state index is 0.0680. The number of ether oxygens (including phenoxy) is 2. The Hall–Kier alpha value is -4.25. The lowest BCUT2D eigenvalue weighted by Gasteiger charge is -2.28. The van der Waals surface area contributed by atoms with Crippen LogP contribution in [0, 0.1) is 10.1 Å². The van der Waals surface area contributed by atoms with Crippen molar-refractivity contribution in [2.24, 2.45) is 0 Å². The number of carbonyl (C=O) groups is 2. The summed E-state index contributed by atoms with van der Waals surface area (Å²) in [5.74, 6) is -1.16. The predicted octanol–water partition coefficient (Wildman–Crippen LogP) is 3.05. The van der Waals surface area contributed by atoms with Crippen molar-refractivity contribution >= 4 is 29.1 Å². The number of carbonyl (C=O) groups excluding carboxylic acids is 2. The molecule has 0 spiro atoms. The fourth-order valence-corrected chi connectivity index (χ4v) is 3.65. The van der Waals surface area contributed by atoms with E-state index in [1.165, 1.54) is 23.0 Å². The molecule has 0 atom stereocenters. The van der Waals surface area contributed by atoms with Gasteiger partial charge in [0.15, 0.2) is 5.82 Å². The van der Waals surface area contributed by atoms with Crippen LogP contribution in [0.5, 0.6) is 0 Å². The van der Waals surface area contributed by atoms with Crippen molar-refractivity contribution in [2.75, 3.05) is 43.1 Å². The number of esters is 1. The Morgan fingerprint density at radius 3 is 2.59 bits per heavy atom. The average Bonchev–Trinajstić information content (AvgIpc) is 3.28. The summed E-state index contributed by atoms with van der Waals surface area (Å²) in [6.07, 6.45) is 1.31. The molecule has 1 aromatic heterocycles. The first-order valence-electron chi connectivity index (χ1n) is 10.7. The molecular formula is C23H23N5O6. The van der Waals surface area contributed by atoms with Crippen LogP contribution in [-0.4, -0.2) is 59.5 Å². The SMILES string of the molecule is CCOC(=O)c1cnn(-c2ccccc2)c1NC(=O)c1ccc(N2CCOCC2)c([N+](=O)[O-])c1. The maximum Gasteiger partial charge on any atom is 0.343 e. The van der Waals surface area contributed by atoms with Crippen molar-refractivity contribution in [1.82, 2.24) is 9.78 Å². The van der Waals surface area contributed by atoms with Gasteiger partial charge in [0.05, 0.1) is 36.6 Å². The number of nitro benzene ring substituents is 1. The van der Waals surface area contributed by atoms with Crippen LogP contribution in [0.1, 0.15) is 27.6 Å². The van der Waals surface area contributed by atoms with Crippen LogP contribution in [0.3, 0.4) is 0 Å². The van der Waals surface area contributed by atoms with Gasteiger partial charge in [-0.15, -0.1) is 0 Å². The van der Waals surface area contributed by atoms with Gasteiger partial charge >= 0.3 is 5.97 Å². The molecule has 0 aliphatic carbocycles. The summed E-state index contributed by atoms with van der Waals surface area (Å²) in [5, 5.41) is 18.7. The molecule has 1 N–H and O–H groups in total. The number of para-hydroxylation sites is 1. The largest absolute Gasteiger partial charge is 0.462 e. The number of nitrogens with zero attached hydrogens (tertiary/aromatic N) is 4. The van der Waals surface area contributed by atoms with E-state index >= 15 is 0 Å². The molecular weight excluding hydrogens is 442 g/mol. The quantitative estimate of drug-likeness (QED) is 0.320. The topological polar surface area (TPSA) is 129 Å². The Morgan fingerprint density at radius 2 is 1.91 bits per heavy atom. The van der Waals surface area contributed by atoms with Gasteiger partial charge in [0.1, 0.15) is 11.3 Å². The molecule has 34 heavy (non-hydrogen) atoms. The van der Waals surface area contributed by atoms with Gasteiger partial charge in [-0.3, -0.25) is 14.9 Å². The third-order valence-electron chi connectivity index (χ3n) is 5.28. The molecule has 0 bridgehead atoms. The molecule has 1 amide bonds. The van der Waals surface area contributed by atoms with Crippen LogP contribution in [0.15, 0.2) is 54.7 Å². The van der Waals surface area contributed by atoms with E-state index in [4.69, 9.17) is 9.47 Å². The first-order chi connectivity index (χ1) is 16.5. The maximum absolute atomic E-state index is 13.1. The summed E-state index contributed by atoms with van der Waals surface area (Å²) in [4.78, 5) is 38.7. The minimum Gasteiger partial charge on any atom is -0.462 e. The highest BCUT2D eigenvalue weighted by Gasteiger charge is 2.26. The summed E-state index contributed by atoms with van der Waals surface area (Å²) < 4.78 is 11.8. The molecule has 0 unspecified atom stereocenters. The van der Waals surface area contributed by atoms with E-state index < -0.39 is 16.8 Å². The van der Waals surface area contributed by atoms with Gasteiger partial charge in [0, 0.05) is 24.7 Å². The molecule has 0 radical (unpaired) electrons. The lowest BCUT2D eigenvalue weighted by molar-refractivity contribution is -0.384. The Labute approximate surface area is 195 Å². The summed E-state index contributed by atoms with van der Waals surface area (Å²) in [5.41, 5.74) is 0.989. The van der Waals surface area contributed by atoms with Crippen molar-refractivity contribution in [1.29, 1.82) is 0 Å². The van der Waals surface area contributed by atoms with E-state index in [0.717, 1.165) is 0 Å². The zero-order valence-corrected chi connectivity index (χ0v) is 18.5. The lowest BCUT2D eigenvalue weighted by Crippen LogP contribution is -2.36. The maximum atomic E-state index is 13.1. The fraction of sp³-hybridized carbons (Fsp3) is 0.261. The molecule has 1 fully saturated rings. The lowest BCUT2D eigenvalue weighted by atomic mass is 10.1. The predicted molar refractivity (Wildman–Crippen MR) is 124 cm³/mol. The second-order valence-electron chi connectivity index (χ2n) is 7.39. The van der Waals surface area contributed by atoms with Crippen LogP contribution >= 0.6 is 0 Å². The van der Waals surface area contributed by atoms with Crippen molar-refractivity contribution in [3.63, 3.8) is 0 Å². The molecule has 2 aromatic carbocycles. The first-order valence-corrected chi connectivity index (χ1v) is 10.7. The van der Waals surface area contributed by atoms with Crippen LogP contribution < -0.4 is 10.2 Å². The number of hydrogen-bond acceptors (Lipinski definition) is 8. The third kappa shape index (κ3) is 4.74. The average molecular weight is 465 g/mol. The summed E-state index contributed by atoms with van der Waals surface area (Å²) >= 11 is 0.